The van der Waals surface area contributed by atoms with Gasteiger partial charge >= 0.3 is 5.97 Å². The number of esters is 1. The van der Waals surface area contributed by atoms with Crippen LogP contribution in [0.2, 0.25) is 0 Å². The molecule has 0 aliphatic carbocycles. The second kappa shape index (κ2) is 12.0. The summed E-state index contributed by atoms with van der Waals surface area (Å²) in [5, 5.41) is 2.80. The Morgan fingerprint density at radius 2 is 1.61 bits per heavy atom. The Kier molecular flexibility index (Phi) is 8.19. The zero-order chi connectivity index (χ0) is 29.0. The smallest absolute Gasteiger partial charge is 0.339 e. The molecule has 0 aromatic heterocycles. The topological polar surface area (TPSA) is 102 Å². The molecule has 4 aromatic carbocycles. The molecular weight excluding hydrogens is 540 g/mol. The molecule has 1 aliphatic rings. The van der Waals surface area contributed by atoms with Crippen LogP contribution in [0.15, 0.2) is 102 Å². The summed E-state index contributed by atoms with van der Waals surface area (Å²) in [6, 6.07) is 27.4. The number of anilines is 1. The van der Waals surface area contributed by atoms with Gasteiger partial charge in [-0.05, 0) is 60.4 Å². The quantitative estimate of drug-likeness (QED) is 0.289. The minimum atomic E-state index is -3.88. The molecule has 0 spiro atoms. The number of nitrogens with zero attached hydrogens (tertiary/aromatic N) is 1. The molecule has 0 saturated carbocycles. The van der Waals surface area contributed by atoms with Crippen molar-refractivity contribution in [3.8, 4) is 5.75 Å². The predicted octanol–water partition coefficient (Wildman–Crippen LogP) is 5.29. The van der Waals surface area contributed by atoms with E-state index >= 15 is 0 Å². The van der Waals surface area contributed by atoms with E-state index in [0.29, 0.717) is 30.0 Å². The number of sulfonamides is 1. The van der Waals surface area contributed by atoms with Gasteiger partial charge in [0, 0.05) is 18.7 Å². The molecule has 8 nitrogen and oxygen atoms in total. The van der Waals surface area contributed by atoms with Gasteiger partial charge in [0.25, 0.3) is 5.91 Å². The van der Waals surface area contributed by atoms with E-state index in [2.05, 4.69) is 5.32 Å². The molecule has 0 radical (unpaired) electrons. The van der Waals surface area contributed by atoms with Crippen LogP contribution in [0, 0.1) is 6.92 Å². The zero-order valence-electron chi connectivity index (χ0n) is 22.7. The summed E-state index contributed by atoms with van der Waals surface area (Å²) in [6.07, 6.45) is -0.690. The molecule has 1 amide bonds. The van der Waals surface area contributed by atoms with Crippen LogP contribution in [-0.4, -0.2) is 38.3 Å². The van der Waals surface area contributed by atoms with Crippen LogP contribution in [0.3, 0.4) is 0 Å². The number of carbonyl (C=O) groups is 2. The first-order chi connectivity index (χ1) is 19.8. The van der Waals surface area contributed by atoms with Gasteiger partial charge in [-0.2, -0.15) is 4.31 Å². The zero-order valence-corrected chi connectivity index (χ0v) is 23.6. The van der Waals surface area contributed by atoms with Gasteiger partial charge in [0.2, 0.25) is 16.1 Å². The molecule has 0 saturated heterocycles. The number of carbonyl (C=O) groups excluding carboxylic acids is 2. The lowest BCUT2D eigenvalue weighted by molar-refractivity contribution is -0.125. The van der Waals surface area contributed by atoms with Gasteiger partial charge in [0.1, 0.15) is 5.75 Å². The standard InChI is InChI=1S/C32H30N2O6S/c1-22-15-16-29(39-2)28(19-22)33-31(35)30(24-10-4-3-5-11-24)40-32(36)25-13-8-14-27(20-25)41(37,38)34-18-17-23-9-6-7-12-26(23)21-34/h3-16,19-20,30H,17-18,21H2,1-2H3,(H,33,35)/t30-/m0/s1. The molecule has 0 fully saturated rings. The number of aryl methyl sites for hydroxylation is 1. The van der Waals surface area contributed by atoms with E-state index in [1.54, 1.807) is 42.5 Å². The second-order valence-corrected chi connectivity index (χ2v) is 11.7. The largest absolute Gasteiger partial charge is 0.495 e. The van der Waals surface area contributed by atoms with Gasteiger partial charge in [-0.3, -0.25) is 4.79 Å². The molecule has 1 heterocycles. The number of ether oxygens (including phenoxy) is 2. The lowest BCUT2D eigenvalue weighted by atomic mass is 10.0. The highest BCUT2D eigenvalue weighted by atomic mass is 32.2. The van der Waals surface area contributed by atoms with Crippen molar-refractivity contribution in [3.63, 3.8) is 0 Å². The number of fused-ring (bicyclic) bond motifs is 1. The third kappa shape index (κ3) is 6.16. The second-order valence-electron chi connectivity index (χ2n) is 9.77. The average molecular weight is 571 g/mol. The highest BCUT2D eigenvalue weighted by Crippen LogP contribution is 2.29. The maximum absolute atomic E-state index is 13.5. The Balaban J connectivity index is 1.39. The van der Waals surface area contributed by atoms with Gasteiger partial charge in [0.15, 0.2) is 0 Å². The summed E-state index contributed by atoms with van der Waals surface area (Å²) in [4.78, 5) is 26.8. The minimum absolute atomic E-state index is 0.0171. The van der Waals surface area contributed by atoms with Crippen molar-refractivity contribution in [2.45, 2.75) is 30.9 Å². The Bertz CT molecular complexity index is 1690. The van der Waals surface area contributed by atoms with Crippen LogP contribution in [0.25, 0.3) is 0 Å². The molecule has 5 rings (SSSR count). The summed E-state index contributed by atoms with van der Waals surface area (Å²) in [7, 11) is -2.38. The number of methoxy groups -OCH3 is 1. The Labute approximate surface area is 239 Å². The van der Waals surface area contributed by atoms with Crippen LogP contribution in [0.1, 0.15) is 38.7 Å². The van der Waals surface area contributed by atoms with Gasteiger partial charge in [-0.25, -0.2) is 13.2 Å². The normalized spacial score (nSPS) is 14.0. The first-order valence-corrected chi connectivity index (χ1v) is 14.6. The van der Waals surface area contributed by atoms with E-state index in [-0.39, 0.29) is 17.0 Å². The first kappa shape index (κ1) is 28.1. The number of hydrogen-bond acceptors (Lipinski definition) is 6. The third-order valence-electron chi connectivity index (χ3n) is 6.98. The molecule has 0 bridgehead atoms. The molecule has 4 aromatic rings. The Morgan fingerprint density at radius 3 is 2.37 bits per heavy atom. The van der Waals surface area contributed by atoms with E-state index in [0.717, 1.165) is 16.7 Å². The van der Waals surface area contributed by atoms with Gasteiger partial charge < -0.3 is 14.8 Å². The predicted molar refractivity (Wildman–Crippen MR) is 155 cm³/mol. The Hall–Kier alpha value is -4.47. The maximum Gasteiger partial charge on any atom is 0.339 e. The molecular formula is C32H30N2O6S. The molecule has 210 valence electrons. The van der Waals surface area contributed by atoms with Crippen molar-refractivity contribution in [3.05, 3.63) is 125 Å². The van der Waals surface area contributed by atoms with E-state index in [9.17, 15) is 18.0 Å². The molecule has 1 N–H and O–H groups in total. The number of benzene rings is 4. The Morgan fingerprint density at radius 1 is 0.878 bits per heavy atom. The number of hydrogen-bond donors (Lipinski definition) is 1. The van der Waals surface area contributed by atoms with Crippen molar-refractivity contribution in [1.82, 2.24) is 4.31 Å². The van der Waals surface area contributed by atoms with Crippen molar-refractivity contribution >= 4 is 27.6 Å². The molecule has 9 heteroatoms. The van der Waals surface area contributed by atoms with Crippen LogP contribution < -0.4 is 10.1 Å². The monoisotopic (exact) mass is 570 g/mol. The lowest BCUT2D eigenvalue weighted by Gasteiger charge is -2.28. The van der Waals surface area contributed by atoms with Crippen molar-refractivity contribution < 1.29 is 27.5 Å². The van der Waals surface area contributed by atoms with E-state index in [4.69, 9.17) is 9.47 Å². The molecule has 1 aliphatic heterocycles. The van der Waals surface area contributed by atoms with Crippen LogP contribution in [0.5, 0.6) is 5.75 Å². The third-order valence-corrected chi connectivity index (χ3v) is 8.82. The lowest BCUT2D eigenvalue weighted by Crippen LogP contribution is -2.36. The molecule has 1 atom stereocenters. The van der Waals surface area contributed by atoms with Gasteiger partial charge in [-0.15, -0.1) is 0 Å². The highest BCUT2D eigenvalue weighted by molar-refractivity contribution is 7.89. The summed E-state index contributed by atoms with van der Waals surface area (Å²) in [5.74, 6) is -0.948. The average Bonchev–Trinajstić information content (AvgIpc) is 3.00. The minimum Gasteiger partial charge on any atom is -0.495 e. The van der Waals surface area contributed by atoms with Gasteiger partial charge in [-0.1, -0.05) is 66.7 Å². The summed E-state index contributed by atoms with van der Waals surface area (Å²) >= 11 is 0. The fraction of sp³-hybridized carbons (Fsp3) is 0.188. The van der Waals surface area contributed by atoms with Crippen molar-refractivity contribution in [2.75, 3.05) is 19.0 Å². The number of amides is 1. The van der Waals surface area contributed by atoms with Crippen LogP contribution in [-0.2, 0) is 32.5 Å². The summed E-state index contributed by atoms with van der Waals surface area (Å²) < 4.78 is 39.5. The fourth-order valence-corrected chi connectivity index (χ4v) is 6.27. The van der Waals surface area contributed by atoms with Gasteiger partial charge in [0.05, 0.1) is 23.3 Å². The molecule has 41 heavy (non-hydrogen) atoms. The number of rotatable bonds is 8. The fourth-order valence-electron chi connectivity index (χ4n) is 4.80. The summed E-state index contributed by atoms with van der Waals surface area (Å²) in [5.41, 5.74) is 3.91. The maximum atomic E-state index is 13.5. The molecule has 0 unspecified atom stereocenters. The van der Waals surface area contributed by atoms with Crippen molar-refractivity contribution in [1.29, 1.82) is 0 Å². The number of nitrogens with one attached hydrogen (secondary N) is 1. The van der Waals surface area contributed by atoms with E-state index in [1.807, 2.05) is 37.3 Å². The van der Waals surface area contributed by atoms with E-state index < -0.39 is 28.0 Å². The SMILES string of the molecule is COc1ccc(C)cc1NC(=O)[C@@H](OC(=O)c1cccc(S(=O)(=O)N2CCc3ccccc3C2)c1)c1ccccc1. The van der Waals surface area contributed by atoms with Crippen LogP contribution in [0.4, 0.5) is 5.69 Å². The van der Waals surface area contributed by atoms with Crippen LogP contribution >= 0.6 is 0 Å². The van der Waals surface area contributed by atoms with E-state index in [1.165, 1.54) is 35.7 Å². The van der Waals surface area contributed by atoms with Crippen molar-refractivity contribution in [2.24, 2.45) is 0 Å². The first-order valence-electron chi connectivity index (χ1n) is 13.1. The highest BCUT2D eigenvalue weighted by Gasteiger charge is 2.30. The summed E-state index contributed by atoms with van der Waals surface area (Å²) in [6.45, 7) is 2.48.